The van der Waals surface area contributed by atoms with Gasteiger partial charge in [-0.3, -0.25) is 4.79 Å². The molecule has 0 radical (unpaired) electrons. The van der Waals surface area contributed by atoms with E-state index in [0.29, 0.717) is 17.5 Å². The lowest BCUT2D eigenvalue weighted by Gasteiger charge is -2.32. The predicted octanol–water partition coefficient (Wildman–Crippen LogP) is 2.54. The minimum atomic E-state index is 0.0663. The van der Waals surface area contributed by atoms with Crippen molar-refractivity contribution in [3.8, 4) is 0 Å². The summed E-state index contributed by atoms with van der Waals surface area (Å²) in [7, 11) is 0. The number of anilines is 1. The topological polar surface area (TPSA) is 54.5 Å². The number of hydrogen-bond acceptors (Lipinski definition) is 4. The molecule has 21 heavy (non-hydrogen) atoms. The van der Waals surface area contributed by atoms with Crippen LogP contribution in [-0.2, 0) is 4.74 Å². The van der Waals surface area contributed by atoms with Gasteiger partial charge in [0.2, 0.25) is 0 Å². The van der Waals surface area contributed by atoms with Crippen LogP contribution >= 0.6 is 0 Å². The fraction of sp³-hybridized carbons (Fsp3) is 0.625. The molecule has 5 heteroatoms. The zero-order chi connectivity index (χ0) is 15.1. The highest BCUT2D eigenvalue weighted by atomic mass is 16.5. The van der Waals surface area contributed by atoms with Crippen LogP contribution in [0.5, 0.6) is 0 Å². The molecule has 1 N–H and O–H groups in total. The van der Waals surface area contributed by atoms with Gasteiger partial charge in [0.05, 0.1) is 11.7 Å². The maximum absolute atomic E-state index is 12.7. The molecule has 1 aliphatic heterocycles. The van der Waals surface area contributed by atoms with Crippen LogP contribution < -0.4 is 5.32 Å². The van der Waals surface area contributed by atoms with Crippen molar-refractivity contribution in [2.45, 2.75) is 39.2 Å². The monoisotopic (exact) mass is 291 g/mol. The van der Waals surface area contributed by atoms with Crippen LogP contribution in [0.15, 0.2) is 18.3 Å². The predicted molar refractivity (Wildman–Crippen MR) is 83.6 cm³/mol. The van der Waals surface area contributed by atoms with Gasteiger partial charge in [-0.25, -0.2) is 4.98 Å². The molecule has 0 saturated carbocycles. The zero-order valence-corrected chi connectivity index (χ0v) is 13.0. The Kier molecular flexibility index (Phi) is 5.99. The summed E-state index contributed by atoms with van der Waals surface area (Å²) in [5.74, 6) is 0.757. The van der Waals surface area contributed by atoms with Crippen LogP contribution in [-0.4, -0.2) is 48.1 Å². The first kappa shape index (κ1) is 15.8. The summed E-state index contributed by atoms with van der Waals surface area (Å²) in [5.41, 5.74) is 0.667. The molecule has 1 fully saturated rings. The highest BCUT2D eigenvalue weighted by Crippen LogP contribution is 2.19. The van der Waals surface area contributed by atoms with Crippen molar-refractivity contribution in [1.82, 2.24) is 9.88 Å². The second-order valence-electron chi connectivity index (χ2n) is 5.27. The van der Waals surface area contributed by atoms with Gasteiger partial charge in [0.1, 0.15) is 5.82 Å². The minimum absolute atomic E-state index is 0.0663. The molecule has 2 rings (SSSR count). The second-order valence-corrected chi connectivity index (χ2v) is 5.27. The molecule has 1 aromatic rings. The summed E-state index contributed by atoms with van der Waals surface area (Å²) >= 11 is 0. The summed E-state index contributed by atoms with van der Waals surface area (Å²) in [4.78, 5) is 18.9. The lowest BCUT2D eigenvalue weighted by Crippen LogP contribution is -2.41. The van der Waals surface area contributed by atoms with Crippen LogP contribution in [0.3, 0.4) is 0 Å². The molecular weight excluding hydrogens is 266 g/mol. The number of piperidine rings is 1. The van der Waals surface area contributed by atoms with Crippen LogP contribution in [0.25, 0.3) is 0 Å². The smallest absolute Gasteiger partial charge is 0.257 e. The molecule has 0 unspecified atom stereocenters. The van der Waals surface area contributed by atoms with Gasteiger partial charge in [0.25, 0.3) is 5.91 Å². The van der Waals surface area contributed by atoms with E-state index in [1.807, 2.05) is 24.0 Å². The first-order chi connectivity index (χ1) is 10.3. The van der Waals surface area contributed by atoms with Crippen LogP contribution in [0.2, 0.25) is 0 Å². The van der Waals surface area contributed by atoms with Gasteiger partial charge in [-0.2, -0.15) is 0 Å². The van der Waals surface area contributed by atoms with Gasteiger partial charge in [-0.05, 0) is 38.3 Å². The number of carbonyl (C=O) groups excluding carboxylic acids is 1. The number of pyridine rings is 1. The minimum Gasteiger partial charge on any atom is -0.378 e. The summed E-state index contributed by atoms with van der Waals surface area (Å²) in [6.07, 6.45) is 4.85. The van der Waals surface area contributed by atoms with Crippen molar-refractivity contribution in [1.29, 1.82) is 0 Å². The Hall–Kier alpha value is -1.62. The molecule has 5 nitrogen and oxygen atoms in total. The first-order valence-electron chi connectivity index (χ1n) is 7.86. The zero-order valence-electron chi connectivity index (χ0n) is 13.0. The van der Waals surface area contributed by atoms with Gasteiger partial charge in [0, 0.05) is 32.4 Å². The van der Waals surface area contributed by atoms with E-state index in [4.69, 9.17) is 4.74 Å². The standard InChI is InChI=1S/C16H25N3O2/c1-3-9-17-15-14(6-5-10-18-15)16(20)19-11-7-13(8-12-19)21-4-2/h5-6,10,13H,3-4,7-9,11-12H2,1-2H3,(H,17,18). The largest absolute Gasteiger partial charge is 0.378 e. The fourth-order valence-electron chi connectivity index (χ4n) is 2.59. The highest BCUT2D eigenvalue weighted by molar-refractivity contribution is 5.98. The third-order valence-electron chi connectivity index (χ3n) is 3.71. The fourth-order valence-corrected chi connectivity index (χ4v) is 2.59. The van der Waals surface area contributed by atoms with E-state index >= 15 is 0 Å². The average molecular weight is 291 g/mol. The van der Waals surface area contributed by atoms with Crippen LogP contribution in [0.1, 0.15) is 43.5 Å². The number of hydrogen-bond donors (Lipinski definition) is 1. The quantitative estimate of drug-likeness (QED) is 0.875. The number of likely N-dealkylation sites (tertiary alicyclic amines) is 1. The second kappa shape index (κ2) is 7.98. The molecule has 1 amide bonds. The molecule has 0 aromatic carbocycles. The van der Waals surface area contributed by atoms with E-state index in [9.17, 15) is 4.79 Å². The van der Waals surface area contributed by atoms with Crippen molar-refractivity contribution < 1.29 is 9.53 Å². The Balaban J connectivity index is 2.00. The van der Waals surface area contributed by atoms with E-state index in [1.165, 1.54) is 0 Å². The number of nitrogens with one attached hydrogen (secondary N) is 1. The molecule has 0 atom stereocenters. The highest BCUT2D eigenvalue weighted by Gasteiger charge is 2.25. The molecule has 0 spiro atoms. The van der Waals surface area contributed by atoms with Crippen molar-refractivity contribution in [2.24, 2.45) is 0 Å². The average Bonchev–Trinajstić information content (AvgIpc) is 2.53. The number of aromatic nitrogens is 1. The maximum atomic E-state index is 12.7. The lowest BCUT2D eigenvalue weighted by atomic mass is 10.1. The van der Waals surface area contributed by atoms with Crippen molar-refractivity contribution >= 4 is 11.7 Å². The maximum Gasteiger partial charge on any atom is 0.257 e. The molecule has 1 aromatic heterocycles. The van der Waals surface area contributed by atoms with E-state index in [2.05, 4.69) is 17.2 Å². The molecular formula is C16H25N3O2. The van der Waals surface area contributed by atoms with Crippen molar-refractivity contribution in [3.05, 3.63) is 23.9 Å². The van der Waals surface area contributed by atoms with E-state index < -0.39 is 0 Å². The van der Waals surface area contributed by atoms with Crippen LogP contribution in [0.4, 0.5) is 5.82 Å². The van der Waals surface area contributed by atoms with Gasteiger partial charge >= 0.3 is 0 Å². The van der Waals surface area contributed by atoms with Gasteiger partial charge in [-0.1, -0.05) is 6.92 Å². The molecule has 0 aliphatic carbocycles. The number of carbonyl (C=O) groups is 1. The number of nitrogens with zero attached hydrogens (tertiary/aromatic N) is 2. The third kappa shape index (κ3) is 4.17. The molecule has 1 aliphatic rings. The summed E-state index contributed by atoms with van der Waals surface area (Å²) in [6, 6.07) is 3.67. The van der Waals surface area contributed by atoms with Gasteiger partial charge in [-0.15, -0.1) is 0 Å². The molecule has 2 heterocycles. The number of ether oxygens (including phenoxy) is 1. The summed E-state index contributed by atoms with van der Waals surface area (Å²) in [5, 5.41) is 3.23. The van der Waals surface area contributed by atoms with Crippen LogP contribution in [0, 0.1) is 0 Å². The van der Waals surface area contributed by atoms with Gasteiger partial charge in [0.15, 0.2) is 0 Å². The molecule has 116 valence electrons. The Morgan fingerprint density at radius 3 is 2.86 bits per heavy atom. The van der Waals surface area contributed by atoms with E-state index in [-0.39, 0.29) is 5.91 Å². The normalized spacial score (nSPS) is 16.0. The SMILES string of the molecule is CCCNc1ncccc1C(=O)N1CCC(OCC)CC1. The van der Waals surface area contributed by atoms with Crippen molar-refractivity contribution in [2.75, 3.05) is 31.6 Å². The Bertz CT molecular complexity index is 457. The summed E-state index contributed by atoms with van der Waals surface area (Å²) < 4.78 is 5.63. The third-order valence-corrected chi connectivity index (χ3v) is 3.71. The Morgan fingerprint density at radius 1 is 1.43 bits per heavy atom. The number of rotatable bonds is 6. The van der Waals surface area contributed by atoms with E-state index in [1.54, 1.807) is 6.20 Å². The molecule has 0 bridgehead atoms. The van der Waals surface area contributed by atoms with E-state index in [0.717, 1.165) is 45.5 Å². The Labute approximate surface area is 126 Å². The first-order valence-corrected chi connectivity index (χ1v) is 7.86. The summed E-state index contributed by atoms with van der Waals surface area (Å²) in [6.45, 7) is 7.18. The number of amides is 1. The molecule has 1 saturated heterocycles. The Morgan fingerprint density at radius 2 is 2.19 bits per heavy atom. The van der Waals surface area contributed by atoms with Gasteiger partial charge < -0.3 is 15.0 Å². The lowest BCUT2D eigenvalue weighted by molar-refractivity contribution is 0.0146. The van der Waals surface area contributed by atoms with Crippen molar-refractivity contribution in [3.63, 3.8) is 0 Å².